The zero-order valence-electron chi connectivity index (χ0n) is 11.3. The second kappa shape index (κ2) is 7.22. The van der Waals surface area contributed by atoms with Crippen LogP contribution in [-0.4, -0.2) is 24.5 Å². The van der Waals surface area contributed by atoms with Gasteiger partial charge in [0.25, 0.3) is 0 Å². The fourth-order valence-electron chi connectivity index (χ4n) is 1.67. The number of rotatable bonds is 6. The summed E-state index contributed by atoms with van der Waals surface area (Å²) in [6, 6.07) is 12.0. The van der Waals surface area contributed by atoms with Gasteiger partial charge in [-0.15, -0.1) is 0 Å². The second-order valence-corrected chi connectivity index (χ2v) is 4.58. The topological polar surface area (TPSA) is 68.2 Å². The van der Waals surface area contributed by atoms with Crippen LogP contribution in [0.3, 0.4) is 0 Å². The molecule has 0 spiro atoms. The summed E-state index contributed by atoms with van der Waals surface area (Å²) in [5.41, 5.74) is 0.945. The summed E-state index contributed by atoms with van der Waals surface area (Å²) in [7, 11) is -0.285. The maximum Gasteiger partial charge on any atom is 0.707 e. The molecule has 0 unspecified atom stereocenters. The Kier molecular flexibility index (Phi) is 5.33. The normalized spacial score (nSPS) is 10.1. The Labute approximate surface area is 127 Å². The standard InChI is InChI=1S/C14H14BClO5/c1-19-11-4-2-10(3-5-11)9-20-14-8-12(21-15(17)18)6-7-13(14)16/h2-8,17-18H,9H2,1H3. The fraction of sp³-hybridized carbons (Fsp3) is 0.143. The third-order valence-electron chi connectivity index (χ3n) is 2.70. The van der Waals surface area contributed by atoms with Gasteiger partial charge in [-0.3, -0.25) is 0 Å². The van der Waals surface area contributed by atoms with E-state index in [2.05, 4.69) is 0 Å². The molecule has 21 heavy (non-hydrogen) atoms. The van der Waals surface area contributed by atoms with Crippen molar-refractivity contribution in [1.82, 2.24) is 0 Å². The van der Waals surface area contributed by atoms with E-state index in [4.69, 9.17) is 35.8 Å². The summed E-state index contributed by atoms with van der Waals surface area (Å²) >= 11 is 6.02. The molecular weight excluding hydrogens is 294 g/mol. The zero-order chi connectivity index (χ0) is 15.2. The first-order chi connectivity index (χ1) is 10.1. The highest BCUT2D eigenvalue weighted by Crippen LogP contribution is 2.30. The first kappa shape index (κ1) is 15.5. The van der Waals surface area contributed by atoms with E-state index in [9.17, 15) is 0 Å². The quantitative estimate of drug-likeness (QED) is 0.801. The van der Waals surface area contributed by atoms with Gasteiger partial charge in [-0.25, -0.2) is 0 Å². The molecule has 2 aromatic rings. The molecule has 0 aliphatic rings. The van der Waals surface area contributed by atoms with E-state index in [0.29, 0.717) is 17.4 Å². The largest absolute Gasteiger partial charge is 0.707 e. The Bertz CT molecular complexity index is 588. The van der Waals surface area contributed by atoms with Crippen LogP contribution in [0.25, 0.3) is 0 Å². The highest BCUT2D eigenvalue weighted by Gasteiger charge is 2.13. The predicted molar refractivity (Wildman–Crippen MR) is 79.6 cm³/mol. The number of halogens is 1. The molecule has 0 aliphatic heterocycles. The van der Waals surface area contributed by atoms with Crippen LogP contribution in [-0.2, 0) is 6.61 Å². The Hall–Kier alpha value is -1.89. The van der Waals surface area contributed by atoms with Crippen molar-refractivity contribution >= 4 is 18.9 Å². The number of methoxy groups -OCH3 is 1. The molecule has 7 heteroatoms. The van der Waals surface area contributed by atoms with Crippen LogP contribution < -0.4 is 14.1 Å². The molecule has 0 heterocycles. The summed E-state index contributed by atoms with van der Waals surface area (Å²) in [5.74, 6) is 1.41. The molecule has 0 saturated carbocycles. The molecule has 0 saturated heterocycles. The molecule has 0 aromatic heterocycles. The molecule has 5 nitrogen and oxygen atoms in total. The lowest BCUT2D eigenvalue weighted by Crippen LogP contribution is -2.20. The van der Waals surface area contributed by atoms with Crippen LogP contribution in [0.2, 0.25) is 5.02 Å². The van der Waals surface area contributed by atoms with Gasteiger partial charge in [0.1, 0.15) is 23.9 Å². The van der Waals surface area contributed by atoms with Gasteiger partial charge in [0, 0.05) is 6.07 Å². The number of benzene rings is 2. The average Bonchev–Trinajstić information content (AvgIpc) is 2.48. The SMILES string of the molecule is COc1ccc(COc2cc(OB(O)O)ccc2Cl)cc1. The minimum absolute atomic E-state index is 0.249. The van der Waals surface area contributed by atoms with E-state index in [1.54, 1.807) is 13.2 Å². The molecule has 0 bridgehead atoms. The number of hydrogen-bond acceptors (Lipinski definition) is 5. The monoisotopic (exact) mass is 308 g/mol. The van der Waals surface area contributed by atoms with Gasteiger partial charge in [-0.1, -0.05) is 23.7 Å². The Morgan fingerprint density at radius 1 is 1.05 bits per heavy atom. The van der Waals surface area contributed by atoms with Crippen LogP contribution in [0.5, 0.6) is 17.2 Å². The third kappa shape index (κ3) is 4.56. The maximum absolute atomic E-state index is 8.77. The van der Waals surface area contributed by atoms with Gasteiger partial charge in [-0.2, -0.15) is 0 Å². The van der Waals surface area contributed by atoms with Crippen molar-refractivity contribution in [1.29, 1.82) is 0 Å². The average molecular weight is 309 g/mol. The van der Waals surface area contributed by atoms with Crippen LogP contribution in [0.15, 0.2) is 42.5 Å². The van der Waals surface area contributed by atoms with Crippen LogP contribution in [0.1, 0.15) is 5.56 Å². The molecule has 0 amide bonds. The Balaban J connectivity index is 2.04. The zero-order valence-corrected chi connectivity index (χ0v) is 12.1. The first-order valence-corrected chi connectivity index (χ1v) is 6.54. The van der Waals surface area contributed by atoms with E-state index >= 15 is 0 Å². The molecular formula is C14H14BClO5. The van der Waals surface area contributed by atoms with E-state index in [1.165, 1.54) is 12.1 Å². The van der Waals surface area contributed by atoms with Crippen molar-refractivity contribution in [2.75, 3.05) is 7.11 Å². The number of hydrogen-bond donors (Lipinski definition) is 2. The van der Waals surface area contributed by atoms with Crippen molar-refractivity contribution in [3.8, 4) is 17.2 Å². The molecule has 2 N–H and O–H groups in total. The minimum Gasteiger partial charge on any atom is -0.512 e. The van der Waals surface area contributed by atoms with E-state index in [0.717, 1.165) is 11.3 Å². The lowest BCUT2D eigenvalue weighted by Gasteiger charge is -2.11. The highest BCUT2D eigenvalue weighted by atomic mass is 35.5. The molecule has 0 atom stereocenters. The third-order valence-corrected chi connectivity index (χ3v) is 3.01. The molecule has 0 radical (unpaired) electrons. The molecule has 2 aromatic carbocycles. The lowest BCUT2D eigenvalue weighted by molar-refractivity contribution is 0.284. The van der Waals surface area contributed by atoms with Gasteiger partial charge in [0.2, 0.25) is 0 Å². The summed E-state index contributed by atoms with van der Waals surface area (Å²) in [6.45, 7) is 0.314. The van der Waals surface area contributed by atoms with Gasteiger partial charge >= 0.3 is 7.32 Å². The Morgan fingerprint density at radius 3 is 2.33 bits per heavy atom. The smallest absolute Gasteiger partial charge is 0.512 e. The lowest BCUT2D eigenvalue weighted by atomic mass is 10.2. The highest BCUT2D eigenvalue weighted by molar-refractivity contribution is 6.34. The summed E-state index contributed by atoms with van der Waals surface area (Å²) in [5, 5.41) is 17.9. The molecule has 0 aliphatic carbocycles. The van der Waals surface area contributed by atoms with Crippen molar-refractivity contribution in [2.45, 2.75) is 6.61 Å². The van der Waals surface area contributed by atoms with Crippen LogP contribution in [0, 0.1) is 0 Å². The second-order valence-electron chi connectivity index (χ2n) is 4.17. The van der Waals surface area contributed by atoms with Crippen molar-refractivity contribution in [2.24, 2.45) is 0 Å². The first-order valence-electron chi connectivity index (χ1n) is 6.16. The van der Waals surface area contributed by atoms with Gasteiger partial charge in [0.15, 0.2) is 0 Å². The van der Waals surface area contributed by atoms with Gasteiger partial charge in [0.05, 0.1) is 12.1 Å². The van der Waals surface area contributed by atoms with Crippen LogP contribution >= 0.6 is 11.6 Å². The van der Waals surface area contributed by atoms with E-state index in [-0.39, 0.29) is 5.75 Å². The summed E-state index contributed by atoms with van der Waals surface area (Å²) < 4.78 is 15.4. The van der Waals surface area contributed by atoms with Crippen molar-refractivity contribution in [3.63, 3.8) is 0 Å². The number of ether oxygens (including phenoxy) is 2. The Morgan fingerprint density at radius 2 is 1.71 bits per heavy atom. The van der Waals surface area contributed by atoms with Gasteiger partial charge < -0.3 is 24.2 Å². The maximum atomic E-state index is 8.77. The van der Waals surface area contributed by atoms with Gasteiger partial charge in [-0.05, 0) is 29.8 Å². The summed E-state index contributed by atoms with van der Waals surface area (Å²) in [6.07, 6.45) is 0. The molecule has 110 valence electrons. The molecule has 0 fully saturated rings. The van der Waals surface area contributed by atoms with Crippen molar-refractivity contribution < 1.29 is 24.2 Å². The van der Waals surface area contributed by atoms with E-state index in [1.807, 2.05) is 24.3 Å². The predicted octanol–water partition coefficient (Wildman–Crippen LogP) is 2.28. The molecule has 2 rings (SSSR count). The van der Waals surface area contributed by atoms with Crippen LogP contribution in [0.4, 0.5) is 0 Å². The fourth-order valence-corrected chi connectivity index (χ4v) is 1.84. The van der Waals surface area contributed by atoms with Crippen molar-refractivity contribution in [3.05, 3.63) is 53.1 Å². The van der Waals surface area contributed by atoms with E-state index < -0.39 is 7.32 Å². The minimum atomic E-state index is -1.89. The summed E-state index contributed by atoms with van der Waals surface area (Å²) in [4.78, 5) is 0.